The third kappa shape index (κ3) is 3.18. The SMILES string of the molecule is Cc1[nH]c(C(=O)N(c2nc3ccc(C(=O)O)cc3s2)C(C)C)c(Cl)c1Cl. The first kappa shape index (κ1) is 18.7. The Morgan fingerprint density at radius 3 is 2.50 bits per heavy atom. The highest BCUT2D eigenvalue weighted by molar-refractivity contribution is 7.22. The summed E-state index contributed by atoms with van der Waals surface area (Å²) in [6.07, 6.45) is 0. The van der Waals surface area contributed by atoms with Gasteiger partial charge in [-0.05, 0) is 39.0 Å². The fraction of sp³-hybridized carbons (Fsp3) is 0.235. The summed E-state index contributed by atoms with van der Waals surface area (Å²) >= 11 is 13.5. The van der Waals surface area contributed by atoms with E-state index in [1.54, 1.807) is 19.1 Å². The van der Waals surface area contributed by atoms with Gasteiger partial charge in [0.2, 0.25) is 0 Å². The van der Waals surface area contributed by atoms with Crippen LogP contribution in [0.25, 0.3) is 10.2 Å². The molecule has 0 bridgehead atoms. The minimum absolute atomic E-state index is 0.171. The van der Waals surface area contributed by atoms with Crippen LogP contribution in [0.1, 0.15) is 40.4 Å². The van der Waals surface area contributed by atoms with Crippen molar-refractivity contribution in [2.24, 2.45) is 0 Å². The number of thiazole rings is 1. The minimum Gasteiger partial charge on any atom is -0.478 e. The summed E-state index contributed by atoms with van der Waals surface area (Å²) in [6, 6.07) is 4.47. The summed E-state index contributed by atoms with van der Waals surface area (Å²) in [5, 5.41) is 10.1. The first-order valence-corrected chi connectivity index (χ1v) is 9.29. The first-order chi connectivity index (χ1) is 12.2. The normalized spacial score (nSPS) is 11.3. The standard InChI is InChI=1S/C17H15Cl2N3O3S/c1-7(2)22(15(23)14-13(19)12(18)8(3)20-14)17-21-10-5-4-9(16(24)25)6-11(10)26-17/h4-7,20H,1-3H3,(H,24,25). The van der Waals surface area contributed by atoms with Crippen molar-refractivity contribution in [3.05, 3.63) is 45.2 Å². The van der Waals surface area contributed by atoms with Crippen LogP contribution < -0.4 is 4.90 Å². The van der Waals surface area contributed by atoms with Crippen molar-refractivity contribution in [1.82, 2.24) is 9.97 Å². The number of hydrogen-bond acceptors (Lipinski definition) is 4. The Kier molecular flexibility index (Phi) is 4.96. The van der Waals surface area contributed by atoms with Gasteiger partial charge in [0.25, 0.3) is 5.91 Å². The number of carbonyl (C=O) groups excluding carboxylic acids is 1. The second-order valence-electron chi connectivity index (χ2n) is 6.01. The number of hydrogen-bond donors (Lipinski definition) is 2. The number of carboxylic acid groups (broad SMARTS) is 1. The Morgan fingerprint density at radius 1 is 1.27 bits per heavy atom. The van der Waals surface area contributed by atoms with Crippen molar-refractivity contribution < 1.29 is 14.7 Å². The lowest BCUT2D eigenvalue weighted by atomic mass is 10.2. The van der Waals surface area contributed by atoms with Crippen LogP contribution in [0, 0.1) is 6.92 Å². The Labute approximate surface area is 163 Å². The number of benzene rings is 1. The molecular weight excluding hydrogens is 397 g/mol. The van der Waals surface area contributed by atoms with E-state index in [0.29, 0.717) is 26.1 Å². The Hall–Kier alpha value is -2.09. The van der Waals surface area contributed by atoms with Gasteiger partial charge >= 0.3 is 5.97 Å². The minimum atomic E-state index is -1.01. The summed E-state index contributed by atoms with van der Waals surface area (Å²) in [7, 11) is 0. The van der Waals surface area contributed by atoms with Crippen molar-refractivity contribution in [2.75, 3.05) is 4.90 Å². The van der Waals surface area contributed by atoms with Crippen LogP contribution in [0.3, 0.4) is 0 Å². The quantitative estimate of drug-likeness (QED) is 0.632. The molecule has 1 amide bonds. The van der Waals surface area contributed by atoms with Gasteiger partial charge in [-0.3, -0.25) is 9.69 Å². The second kappa shape index (κ2) is 6.90. The number of nitrogens with zero attached hydrogens (tertiary/aromatic N) is 2. The molecule has 0 aliphatic carbocycles. The van der Waals surface area contributed by atoms with Crippen molar-refractivity contribution in [3.8, 4) is 0 Å². The van der Waals surface area contributed by atoms with Gasteiger partial charge in [0.1, 0.15) is 5.69 Å². The van der Waals surface area contributed by atoms with Gasteiger partial charge in [-0.25, -0.2) is 9.78 Å². The highest BCUT2D eigenvalue weighted by atomic mass is 35.5. The molecule has 0 aliphatic heterocycles. The van der Waals surface area contributed by atoms with Crippen molar-refractivity contribution in [1.29, 1.82) is 0 Å². The van der Waals surface area contributed by atoms with Crippen molar-refractivity contribution in [3.63, 3.8) is 0 Å². The Morgan fingerprint density at radius 2 is 1.96 bits per heavy atom. The number of aryl methyl sites for hydroxylation is 1. The smallest absolute Gasteiger partial charge is 0.335 e. The number of anilines is 1. The third-order valence-corrected chi connectivity index (χ3v) is 5.80. The van der Waals surface area contributed by atoms with E-state index >= 15 is 0 Å². The summed E-state index contributed by atoms with van der Waals surface area (Å²) in [5.41, 5.74) is 1.61. The molecule has 0 spiro atoms. The topological polar surface area (TPSA) is 86.3 Å². The average Bonchev–Trinajstić information content (AvgIpc) is 3.09. The largest absolute Gasteiger partial charge is 0.478 e. The molecule has 0 aliphatic rings. The zero-order valence-corrected chi connectivity index (χ0v) is 16.5. The number of amides is 1. The molecular formula is C17H15Cl2N3O3S. The lowest BCUT2D eigenvalue weighted by Gasteiger charge is -2.23. The molecule has 3 rings (SSSR count). The molecule has 3 aromatic rings. The van der Waals surface area contributed by atoms with Gasteiger partial charge in [0.15, 0.2) is 5.13 Å². The lowest BCUT2D eigenvalue weighted by Crippen LogP contribution is -2.37. The van der Waals surface area contributed by atoms with E-state index in [0.717, 1.165) is 0 Å². The van der Waals surface area contributed by atoms with Crippen LogP contribution in [0.4, 0.5) is 5.13 Å². The van der Waals surface area contributed by atoms with E-state index in [1.165, 1.54) is 22.3 Å². The molecule has 9 heteroatoms. The maximum atomic E-state index is 13.0. The summed E-state index contributed by atoms with van der Waals surface area (Å²) in [5.74, 6) is -1.36. The zero-order chi connectivity index (χ0) is 19.2. The molecule has 0 saturated carbocycles. The number of carbonyl (C=O) groups is 2. The number of rotatable bonds is 4. The van der Waals surface area contributed by atoms with Crippen LogP contribution in [0.2, 0.25) is 10.0 Å². The number of aromatic nitrogens is 2. The number of H-pyrrole nitrogens is 1. The number of halogens is 2. The van der Waals surface area contributed by atoms with Crippen LogP contribution in [-0.4, -0.2) is 33.0 Å². The molecule has 0 unspecified atom stereocenters. The van der Waals surface area contributed by atoms with Crippen molar-refractivity contribution in [2.45, 2.75) is 26.8 Å². The van der Waals surface area contributed by atoms with Crippen LogP contribution in [-0.2, 0) is 0 Å². The monoisotopic (exact) mass is 411 g/mol. The zero-order valence-electron chi connectivity index (χ0n) is 14.1. The molecule has 2 heterocycles. The molecule has 0 atom stereocenters. The highest BCUT2D eigenvalue weighted by Crippen LogP contribution is 2.34. The van der Waals surface area contributed by atoms with E-state index in [-0.39, 0.29) is 28.2 Å². The molecule has 2 aromatic heterocycles. The van der Waals surface area contributed by atoms with E-state index in [2.05, 4.69) is 9.97 Å². The number of carboxylic acids is 1. The fourth-order valence-corrected chi connectivity index (χ4v) is 4.08. The maximum Gasteiger partial charge on any atom is 0.335 e. The maximum absolute atomic E-state index is 13.0. The third-order valence-electron chi connectivity index (χ3n) is 3.83. The number of aromatic carboxylic acids is 1. The van der Waals surface area contributed by atoms with Gasteiger partial charge in [-0.2, -0.15) is 0 Å². The molecule has 0 fully saturated rings. The van der Waals surface area contributed by atoms with E-state index in [4.69, 9.17) is 28.3 Å². The van der Waals surface area contributed by atoms with E-state index in [1.807, 2.05) is 13.8 Å². The molecule has 6 nitrogen and oxygen atoms in total. The van der Waals surface area contributed by atoms with Gasteiger partial charge in [-0.15, -0.1) is 0 Å². The molecule has 0 radical (unpaired) electrons. The second-order valence-corrected chi connectivity index (χ2v) is 7.77. The first-order valence-electron chi connectivity index (χ1n) is 7.71. The lowest BCUT2D eigenvalue weighted by molar-refractivity contribution is 0.0697. The summed E-state index contributed by atoms with van der Waals surface area (Å²) < 4.78 is 0.685. The number of fused-ring (bicyclic) bond motifs is 1. The Balaban J connectivity index is 2.07. The van der Waals surface area contributed by atoms with Gasteiger partial charge in [0, 0.05) is 11.7 Å². The summed E-state index contributed by atoms with van der Waals surface area (Å²) in [6.45, 7) is 5.45. The van der Waals surface area contributed by atoms with E-state index < -0.39 is 5.97 Å². The van der Waals surface area contributed by atoms with Gasteiger partial charge in [-0.1, -0.05) is 34.5 Å². The summed E-state index contributed by atoms with van der Waals surface area (Å²) in [4.78, 5) is 33.1. The van der Waals surface area contributed by atoms with Crippen molar-refractivity contribution >= 4 is 61.8 Å². The number of aromatic amines is 1. The van der Waals surface area contributed by atoms with Crippen LogP contribution >= 0.6 is 34.5 Å². The van der Waals surface area contributed by atoms with Gasteiger partial charge in [0.05, 0.1) is 25.8 Å². The number of nitrogens with one attached hydrogen (secondary N) is 1. The average molecular weight is 412 g/mol. The highest BCUT2D eigenvalue weighted by Gasteiger charge is 2.28. The molecule has 2 N–H and O–H groups in total. The molecule has 1 aromatic carbocycles. The van der Waals surface area contributed by atoms with Gasteiger partial charge < -0.3 is 10.1 Å². The van der Waals surface area contributed by atoms with Crippen LogP contribution in [0.15, 0.2) is 18.2 Å². The molecule has 136 valence electrons. The predicted octanol–water partition coefficient (Wildman–Crippen LogP) is 4.99. The molecule has 26 heavy (non-hydrogen) atoms. The fourth-order valence-electron chi connectivity index (χ4n) is 2.53. The Bertz CT molecular complexity index is 1030. The predicted molar refractivity (Wildman–Crippen MR) is 104 cm³/mol. The molecule has 0 saturated heterocycles. The van der Waals surface area contributed by atoms with Crippen LogP contribution in [0.5, 0.6) is 0 Å². The van der Waals surface area contributed by atoms with E-state index in [9.17, 15) is 9.59 Å².